The molecule has 0 fully saturated rings. The van der Waals surface area contributed by atoms with E-state index in [0.29, 0.717) is 5.69 Å². The molecule has 0 aliphatic carbocycles. The summed E-state index contributed by atoms with van der Waals surface area (Å²) in [6, 6.07) is 15.2. The molecule has 0 atom stereocenters. The van der Waals surface area contributed by atoms with E-state index in [1.807, 2.05) is 48.5 Å². The molecule has 0 saturated carbocycles. The number of benzene rings is 2. The molecular weight excluding hydrogens is 260 g/mol. The van der Waals surface area contributed by atoms with Gasteiger partial charge >= 0.3 is 5.69 Å². The molecule has 2 rings (SSSR count). The molecule has 0 spiro atoms. The Kier molecular flexibility index (Phi) is 4.30. The summed E-state index contributed by atoms with van der Waals surface area (Å²) in [6.07, 6.45) is 0. The Morgan fingerprint density at radius 3 is 1.89 bits per heavy atom. The highest BCUT2D eigenvalue weighted by Crippen LogP contribution is 2.44. The number of para-hydroxylation sites is 2. The molecule has 4 heteroatoms. The van der Waals surface area contributed by atoms with E-state index in [-0.39, 0.29) is 0 Å². The van der Waals surface area contributed by atoms with Gasteiger partial charge in [-0.25, -0.2) is 4.85 Å². The molecule has 0 bridgehead atoms. The summed E-state index contributed by atoms with van der Waals surface area (Å²) in [5.41, 5.74) is 1.42. The maximum Gasteiger partial charge on any atom is 0.354 e. The first-order valence-corrected chi connectivity index (χ1v) is 7.31. The smallest absolute Gasteiger partial charge is 0.237 e. The predicted octanol–water partition coefficient (Wildman–Crippen LogP) is 5.63. The lowest BCUT2D eigenvalue weighted by atomic mass is 10.3. The number of hydrogen-bond acceptors (Lipinski definition) is 2. The Labute approximate surface area is 114 Å². The molecular formula is C14H9N2S2+. The van der Waals surface area contributed by atoms with E-state index in [1.54, 1.807) is 21.6 Å². The molecule has 0 heterocycles. The van der Waals surface area contributed by atoms with Gasteiger partial charge in [0.05, 0.1) is 6.57 Å². The van der Waals surface area contributed by atoms with Gasteiger partial charge in [-0.2, -0.15) is 0 Å². The minimum atomic E-state index is 0.664. The minimum absolute atomic E-state index is 0.664. The molecule has 2 aromatic rings. The van der Waals surface area contributed by atoms with Crippen molar-refractivity contribution < 1.29 is 0 Å². The molecule has 2 aromatic carbocycles. The second-order valence-electron chi connectivity index (χ2n) is 3.34. The summed E-state index contributed by atoms with van der Waals surface area (Å²) in [5, 5.41) is 0. The van der Waals surface area contributed by atoms with Gasteiger partial charge in [-0.05, 0) is 21.7 Å². The fourth-order valence-corrected chi connectivity index (χ4v) is 3.58. The largest absolute Gasteiger partial charge is 0.354 e. The average Bonchev–Trinajstić information content (AvgIpc) is 2.45. The standard InChI is InChI=1S/C14H9N2S2/c1-15-11-7-3-5-9-13(11)17-18-14-10-6-4-8-12(14)16-2/h1,3-10H/q+1. The van der Waals surface area contributed by atoms with Crippen molar-refractivity contribution in [3.63, 3.8) is 0 Å². The molecule has 86 valence electrons. The Hall–Kier alpha value is -1.88. The van der Waals surface area contributed by atoms with Crippen molar-refractivity contribution in [1.29, 1.82) is 0 Å². The lowest BCUT2D eigenvalue weighted by molar-refractivity contribution is 1.49. The molecule has 2 nitrogen and oxygen atoms in total. The monoisotopic (exact) mass is 269 g/mol. The van der Waals surface area contributed by atoms with E-state index >= 15 is 0 Å². The Balaban J connectivity index is 2.18. The second kappa shape index (κ2) is 6.16. The zero-order chi connectivity index (χ0) is 12.8. The fourth-order valence-electron chi connectivity index (χ4n) is 1.34. The van der Waals surface area contributed by atoms with Crippen LogP contribution in [0.4, 0.5) is 11.4 Å². The number of nitrogens with zero attached hydrogens (tertiary/aromatic N) is 2. The van der Waals surface area contributed by atoms with Crippen LogP contribution in [-0.2, 0) is 0 Å². The summed E-state index contributed by atoms with van der Waals surface area (Å²) in [5.74, 6) is 0. The predicted molar refractivity (Wildman–Crippen MR) is 78.8 cm³/mol. The van der Waals surface area contributed by atoms with Gasteiger partial charge in [0.15, 0.2) is 0 Å². The third-order valence-electron chi connectivity index (χ3n) is 2.21. The molecule has 0 saturated heterocycles. The first-order valence-electron chi connectivity index (χ1n) is 5.16. The maximum atomic E-state index is 7.11. The lowest BCUT2D eigenvalue weighted by Crippen LogP contribution is -1.71. The summed E-state index contributed by atoms with van der Waals surface area (Å²) in [7, 11) is 3.10. The zero-order valence-electron chi connectivity index (χ0n) is 9.41. The van der Waals surface area contributed by atoms with Gasteiger partial charge in [0.1, 0.15) is 4.90 Å². The van der Waals surface area contributed by atoms with E-state index in [4.69, 9.17) is 13.1 Å². The molecule has 0 N–H and O–H groups in total. The van der Waals surface area contributed by atoms with Gasteiger partial charge in [-0.15, -0.1) is 0 Å². The fraction of sp³-hybridized carbons (Fsp3) is 0. The molecule has 0 aromatic heterocycles. The van der Waals surface area contributed by atoms with E-state index < -0.39 is 0 Å². The van der Waals surface area contributed by atoms with Gasteiger partial charge in [0, 0.05) is 11.0 Å². The van der Waals surface area contributed by atoms with Crippen LogP contribution in [-0.4, -0.2) is 0 Å². The van der Waals surface area contributed by atoms with Crippen LogP contribution in [0.15, 0.2) is 58.3 Å². The van der Waals surface area contributed by atoms with Crippen LogP contribution in [0.1, 0.15) is 0 Å². The van der Waals surface area contributed by atoms with E-state index in [2.05, 4.69) is 9.69 Å². The normalized spacial score (nSPS) is 9.44. The first-order chi connectivity index (χ1) is 8.85. The van der Waals surface area contributed by atoms with Crippen LogP contribution < -0.4 is 0 Å². The van der Waals surface area contributed by atoms with Crippen molar-refractivity contribution in [2.24, 2.45) is 0 Å². The third-order valence-corrected chi connectivity index (χ3v) is 4.67. The quantitative estimate of drug-likeness (QED) is 0.527. The van der Waals surface area contributed by atoms with Gasteiger partial charge in [-0.3, -0.25) is 0 Å². The first kappa shape index (κ1) is 12.6. The summed E-state index contributed by atoms with van der Waals surface area (Å²) < 4.78 is 0. The molecule has 0 radical (unpaired) electrons. The lowest BCUT2D eigenvalue weighted by Gasteiger charge is -2.01. The highest BCUT2D eigenvalue weighted by Gasteiger charge is 2.11. The number of hydrogen-bond donors (Lipinski definition) is 0. The van der Waals surface area contributed by atoms with Gasteiger partial charge in [-0.1, -0.05) is 47.2 Å². The van der Waals surface area contributed by atoms with Crippen LogP contribution in [0.3, 0.4) is 0 Å². The molecule has 0 unspecified atom stereocenters. The van der Waals surface area contributed by atoms with Gasteiger partial charge < -0.3 is 0 Å². The topological polar surface area (TPSA) is 8.72 Å². The third kappa shape index (κ3) is 2.87. The Morgan fingerprint density at radius 2 is 1.33 bits per heavy atom. The van der Waals surface area contributed by atoms with Crippen molar-refractivity contribution in [3.05, 3.63) is 64.8 Å². The van der Waals surface area contributed by atoms with Crippen molar-refractivity contribution in [1.82, 2.24) is 0 Å². The highest BCUT2D eigenvalue weighted by molar-refractivity contribution is 8.76. The van der Waals surface area contributed by atoms with Gasteiger partial charge in [0.2, 0.25) is 5.69 Å². The van der Waals surface area contributed by atoms with Crippen LogP contribution in [0.2, 0.25) is 0 Å². The van der Waals surface area contributed by atoms with Gasteiger partial charge in [0.25, 0.3) is 6.57 Å². The van der Waals surface area contributed by atoms with Crippen LogP contribution in [0.5, 0.6) is 0 Å². The SMILES string of the molecule is [C-]#[N+]c1ccccc1SSc1ccccc1[N+]#C. The average molecular weight is 269 g/mol. The molecule has 0 aliphatic rings. The van der Waals surface area contributed by atoms with Crippen LogP contribution in [0.25, 0.3) is 9.69 Å². The summed E-state index contributed by atoms with van der Waals surface area (Å²) >= 11 is 0. The van der Waals surface area contributed by atoms with Crippen molar-refractivity contribution in [2.45, 2.75) is 9.79 Å². The maximum absolute atomic E-state index is 7.11. The second-order valence-corrected chi connectivity index (χ2v) is 5.56. The summed E-state index contributed by atoms with van der Waals surface area (Å²) in [4.78, 5) is 9.16. The van der Waals surface area contributed by atoms with E-state index in [1.165, 1.54) is 0 Å². The van der Waals surface area contributed by atoms with E-state index in [9.17, 15) is 0 Å². The zero-order valence-corrected chi connectivity index (χ0v) is 11.0. The molecule has 18 heavy (non-hydrogen) atoms. The molecule has 0 amide bonds. The number of rotatable bonds is 3. The molecule has 0 aliphatic heterocycles. The van der Waals surface area contributed by atoms with Crippen molar-refractivity contribution in [3.8, 4) is 6.57 Å². The Bertz CT molecular complexity index is 581. The Morgan fingerprint density at radius 1 is 0.833 bits per heavy atom. The van der Waals surface area contributed by atoms with Crippen molar-refractivity contribution >= 4 is 33.0 Å². The van der Waals surface area contributed by atoms with Crippen LogP contribution in [0, 0.1) is 13.1 Å². The summed E-state index contributed by atoms with van der Waals surface area (Å²) in [6.45, 7) is 12.4. The van der Waals surface area contributed by atoms with Crippen LogP contribution >= 0.6 is 21.6 Å². The minimum Gasteiger partial charge on any atom is -0.237 e. The van der Waals surface area contributed by atoms with Crippen molar-refractivity contribution in [2.75, 3.05) is 0 Å². The van der Waals surface area contributed by atoms with E-state index in [0.717, 1.165) is 15.5 Å². The highest BCUT2D eigenvalue weighted by atomic mass is 33.1.